The molecule has 4 atom stereocenters. The van der Waals surface area contributed by atoms with E-state index in [9.17, 15) is 4.79 Å². The van der Waals surface area contributed by atoms with Crippen molar-refractivity contribution in [1.29, 1.82) is 0 Å². The minimum absolute atomic E-state index is 0.0114. The van der Waals surface area contributed by atoms with Crippen LogP contribution in [0.15, 0.2) is 0 Å². The fourth-order valence-corrected chi connectivity index (χ4v) is 3.36. The predicted octanol–water partition coefficient (Wildman–Crippen LogP) is 1.78. The van der Waals surface area contributed by atoms with Gasteiger partial charge >= 0.3 is 0 Å². The third-order valence-electron chi connectivity index (χ3n) is 4.74. The molecule has 0 aromatic carbocycles. The van der Waals surface area contributed by atoms with Crippen molar-refractivity contribution in [2.45, 2.75) is 57.6 Å². The third kappa shape index (κ3) is 3.69. The van der Waals surface area contributed by atoms with Crippen LogP contribution in [0, 0.1) is 11.8 Å². The highest BCUT2D eigenvalue weighted by atomic mass is 16.5. The normalized spacial score (nSPS) is 35.9. The van der Waals surface area contributed by atoms with Gasteiger partial charge in [-0.3, -0.25) is 4.79 Å². The van der Waals surface area contributed by atoms with Crippen molar-refractivity contribution in [3.63, 3.8) is 0 Å². The molecule has 4 unspecified atom stereocenters. The van der Waals surface area contributed by atoms with Crippen LogP contribution >= 0.6 is 0 Å². The van der Waals surface area contributed by atoms with Gasteiger partial charge in [0.25, 0.3) is 0 Å². The van der Waals surface area contributed by atoms with E-state index in [0.717, 1.165) is 45.3 Å². The van der Waals surface area contributed by atoms with Crippen LogP contribution in [-0.2, 0) is 9.53 Å². The summed E-state index contributed by atoms with van der Waals surface area (Å²) in [5.74, 6) is 0.688. The summed E-state index contributed by atoms with van der Waals surface area (Å²) in [5, 5.41) is 0. The van der Waals surface area contributed by atoms with E-state index < -0.39 is 0 Å². The molecule has 0 aromatic rings. The van der Waals surface area contributed by atoms with Gasteiger partial charge in [-0.15, -0.1) is 0 Å². The van der Waals surface area contributed by atoms with Crippen molar-refractivity contribution in [3.05, 3.63) is 0 Å². The highest BCUT2D eigenvalue weighted by Gasteiger charge is 2.34. The number of hydrogen-bond donors (Lipinski definition) is 1. The number of rotatable bonds is 3. The fourth-order valence-electron chi connectivity index (χ4n) is 3.36. The molecule has 1 saturated carbocycles. The second-order valence-corrected chi connectivity index (χ2v) is 6.30. The molecule has 2 rings (SSSR count). The number of ether oxygens (including phenoxy) is 1. The van der Waals surface area contributed by atoms with Crippen LogP contribution in [0.2, 0.25) is 0 Å². The first-order chi connectivity index (χ1) is 9.09. The molecule has 2 fully saturated rings. The molecule has 19 heavy (non-hydrogen) atoms. The van der Waals surface area contributed by atoms with Crippen molar-refractivity contribution >= 4 is 5.91 Å². The summed E-state index contributed by atoms with van der Waals surface area (Å²) >= 11 is 0. The molecule has 2 aliphatic rings. The van der Waals surface area contributed by atoms with Gasteiger partial charge in [-0.1, -0.05) is 13.3 Å². The Balaban J connectivity index is 1.86. The van der Waals surface area contributed by atoms with Crippen LogP contribution in [0.4, 0.5) is 0 Å². The topological polar surface area (TPSA) is 55.6 Å². The maximum atomic E-state index is 12.5. The molecular formula is C15H28N2O2. The van der Waals surface area contributed by atoms with E-state index in [2.05, 4.69) is 6.92 Å². The Labute approximate surface area is 116 Å². The monoisotopic (exact) mass is 268 g/mol. The van der Waals surface area contributed by atoms with Gasteiger partial charge in [-0.05, 0) is 38.0 Å². The third-order valence-corrected chi connectivity index (χ3v) is 4.74. The summed E-state index contributed by atoms with van der Waals surface area (Å²) in [7, 11) is 1.90. The quantitative estimate of drug-likeness (QED) is 0.849. The Kier molecular flexibility index (Phi) is 5.22. The maximum Gasteiger partial charge on any atom is 0.227 e. The molecule has 0 aromatic heterocycles. The molecule has 1 aliphatic carbocycles. The van der Waals surface area contributed by atoms with Gasteiger partial charge in [-0.2, -0.15) is 0 Å². The largest absolute Gasteiger partial charge is 0.376 e. The molecule has 0 radical (unpaired) electrons. The summed E-state index contributed by atoms with van der Waals surface area (Å²) in [4.78, 5) is 14.4. The van der Waals surface area contributed by atoms with Crippen LogP contribution < -0.4 is 5.73 Å². The SMILES string of the molecule is CC1CCCC(C(=O)N(C)CC2CCCCO2)C1N. The second-order valence-electron chi connectivity index (χ2n) is 6.30. The standard InChI is InChI=1S/C15H28N2O2/c1-11-6-5-8-13(14(11)16)15(18)17(2)10-12-7-3-4-9-19-12/h11-14H,3-10,16H2,1-2H3. The highest BCUT2D eigenvalue weighted by Crippen LogP contribution is 2.29. The first-order valence-corrected chi connectivity index (χ1v) is 7.71. The minimum atomic E-state index is 0.0114. The zero-order chi connectivity index (χ0) is 13.8. The Morgan fingerprint density at radius 1 is 1.26 bits per heavy atom. The summed E-state index contributed by atoms with van der Waals surface area (Å²) in [6.07, 6.45) is 6.89. The lowest BCUT2D eigenvalue weighted by molar-refractivity contribution is -0.138. The molecular weight excluding hydrogens is 240 g/mol. The summed E-state index contributed by atoms with van der Waals surface area (Å²) in [6, 6.07) is 0.0241. The van der Waals surface area contributed by atoms with Crippen LogP contribution in [0.3, 0.4) is 0 Å². The van der Waals surface area contributed by atoms with E-state index in [1.165, 1.54) is 6.42 Å². The van der Waals surface area contributed by atoms with Gasteiger partial charge in [0, 0.05) is 26.2 Å². The lowest BCUT2D eigenvalue weighted by Crippen LogP contribution is -2.49. The Morgan fingerprint density at radius 2 is 2.05 bits per heavy atom. The van der Waals surface area contributed by atoms with Crippen molar-refractivity contribution in [1.82, 2.24) is 4.90 Å². The molecule has 110 valence electrons. The molecule has 1 heterocycles. The molecule has 1 saturated heterocycles. The lowest BCUT2D eigenvalue weighted by Gasteiger charge is -2.36. The second kappa shape index (κ2) is 6.71. The molecule has 1 aliphatic heterocycles. The Morgan fingerprint density at radius 3 is 2.74 bits per heavy atom. The van der Waals surface area contributed by atoms with Crippen molar-refractivity contribution in [2.75, 3.05) is 20.2 Å². The minimum Gasteiger partial charge on any atom is -0.376 e. The Bertz CT molecular complexity index is 303. The number of nitrogens with two attached hydrogens (primary N) is 1. The molecule has 4 nitrogen and oxygen atoms in total. The fraction of sp³-hybridized carbons (Fsp3) is 0.933. The summed E-state index contributed by atoms with van der Waals surface area (Å²) in [5.41, 5.74) is 6.22. The van der Waals surface area contributed by atoms with E-state index >= 15 is 0 Å². The summed E-state index contributed by atoms with van der Waals surface area (Å²) in [6.45, 7) is 3.72. The number of nitrogens with zero attached hydrogens (tertiary/aromatic N) is 1. The van der Waals surface area contributed by atoms with Gasteiger partial charge in [0.15, 0.2) is 0 Å². The maximum absolute atomic E-state index is 12.5. The van der Waals surface area contributed by atoms with Crippen molar-refractivity contribution < 1.29 is 9.53 Å². The van der Waals surface area contributed by atoms with Crippen LogP contribution in [0.5, 0.6) is 0 Å². The van der Waals surface area contributed by atoms with Gasteiger partial charge in [0.1, 0.15) is 0 Å². The molecule has 1 amide bonds. The van der Waals surface area contributed by atoms with Crippen LogP contribution in [0.1, 0.15) is 45.4 Å². The molecule has 0 bridgehead atoms. The van der Waals surface area contributed by atoms with Gasteiger partial charge in [0.2, 0.25) is 5.91 Å². The molecule has 0 spiro atoms. The number of carbonyl (C=O) groups excluding carboxylic acids is 1. The predicted molar refractivity (Wildman–Crippen MR) is 75.7 cm³/mol. The number of amides is 1. The average molecular weight is 268 g/mol. The zero-order valence-electron chi connectivity index (χ0n) is 12.3. The first kappa shape index (κ1) is 14.8. The van der Waals surface area contributed by atoms with Crippen LogP contribution in [-0.4, -0.2) is 43.2 Å². The number of likely N-dealkylation sites (N-methyl/N-ethyl adjacent to an activating group) is 1. The number of carbonyl (C=O) groups is 1. The molecule has 4 heteroatoms. The van der Waals surface area contributed by atoms with Gasteiger partial charge < -0.3 is 15.4 Å². The highest BCUT2D eigenvalue weighted by molar-refractivity contribution is 5.79. The average Bonchev–Trinajstić information content (AvgIpc) is 2.42. The zero-order valence-corrected chi connectivity index (χ0v) is 12.3. The van der Waals surface area contributed by atoms with E-state index in [-0.39, 0.29) is 24.0 Å². The van der Waals surface area contributed by atoms with Crippen LogP contribution in [0.25, 0.3) is 0 Å². The van der Waals surface area contributed by atoms with E-state index in [4.69, 9.17) is 10.5 Å². The Hall–Kier alpha value is -0.610. The van der Waals surface area contributed by atoms with Crippen molar-refractivity contribution in [3.8, 4) is 0 Å². The smallest absolute Gasteiger partial charge is 0.227 e. The number of hydrogen-bond acceptors (Lipinski definition) is 3. The first-order valence-electron chi connectivity index (χ1n) is 7.71. The summed E-state index contributed by atoms with van der Waals surface area (Å²) < 4.78 is 5.71. The van der Waals surface area contributed by atoms with E-state index in [1.54, 1.807) is 0 Å². The van der Waals surface area contributed by atoms with Gasteiger partial charge in [0.05, 0.1) is 12.0 Å². The van der Waals surface area contributed by atoms with E-state index in [1.807, 2.05) is 11.9 Å². The molecule has 2 N–H and O–H groups in total. The lowest BCUT2D eigenvalue weighted by atomic mass is 9.77. The van der Waals surface area contributed by atoms with Gasteiger partial charge in [-0.25, -0.2) is 0 Å². The van der Waals surface area contributed by atoms with Crippen molar-refractivity contribution in [2.24, 2.45) is 17.6 Å². The van der Waals surface area contributed by atoms with E-state index in [0.29, 0.717) is 5.92 Å².